The number of rotatable bonds is 6. The van der Waals surface area contributed by atoms with Gasteiger partial charge in [-0.25, -0.2) is 13.8 Å². The van der Waals surface area contributed by atoms with E-state index in [-0.39, 0.29) is 74.2 Å². The van der Waals surface area contributed by atoms with Gasteiger partial charge in [-0.3, -0.25) is 4.90 Å². The van der Waals surface area contributed by atoms with Crippen molar-refractivity contribution in [2.75, 3.05) is 43.4 Å². The number of anilines is 2. The van der Waals surface area contributed by atoms with E-state index in [1.54, 1.807) is 6.07 Å². The lowest BCUT2D eigenvalue weighted by Crippen LogP contribution is -2.61. The Hall–Kier alpha value is -3.26. The summed E-state index contributed by atoms with van der Waals surface area (Å²) in [5, 5.41) is 4.58. The number of fused-ring (bicyclic) bond motifs is 5. The van der Waals surface area contributed by atoms with Crippen LogP contribution in [-0.4, -0.2) is 69.8 Å². The molecule has 9 rings (SSSR count). The minimum absolute atomic E-state index is 0.0130. The van der Waals surface area contributed by atoms with E-state index in [1.807, 2.05) is 0 Å². The fourth-order valence-corrected chi connectivity index (χ4v) is 9.79. The first-order valence-electron chi connectivity index (χ1n) is 16.1. The number of nitrogens with zero attached hydrogens (tertiary/aromatic N) is 5. The van der Waals surface area contributed by atoms with E-state index in [9.17, 15) is 13.2 Å². The molecule has 47 heavy (non-hydrogen) atoms. The smallest absolute Gasteiger partial charge is 0.319 e. The molecule has 3 N–H and O–H groups in total. The number of nitrogen functional groups attached to an aromatic ring is 1. The lowest BCUT2D eigenvalue weighted by atomic mass is 9.90. The van der Waals surface area contributed by atoms with Gasteiger partial charge in [0.25, 0.3) is 6.08 Å². The van der Waals surface area contributed by atoms with Gasteiger partial charge in [0.15, 0.2) is 10.9 Å². The van der Waals surface area contributed by atoms with Gasteiger partial charge in [-0.15, -0.1) is 0 Å². The van der Waals surface area contributed by atoms with E-state index >= 15 is 4.39 Å². The maximum atomic E-state index is 16.9. The molecule has 5 aliphatic rings. The standard InChI is InChI=1S/C33H32ClF4N7OS/c34-21-10-20-25(24(36)23(21)19-4-5-22(35)27-26(19)40-30(39)47-27)41-31(46-15-32-7-1-9-45(32)12-16(11-32)28(37)38)42-29(20)44-13-18-6-8-33(14-44,43-18)17-2-3-17/h4-5,10,17-18,43H,1-3,6-9,11-15H2,(H2,39,40)/t18-,32-,33+/m0/s1. The zero-order chi connectivity index (χ0) is 32.2. The SMILES string of the molecule is Nc1nc2c(-c3c(Cl)cc4c(N5C[C@@H]6CC[C@](C7CC7)(C5)N6)nc(OC[C@@]56CCCN5CC(=C(F)F)C6)nc4c3F)ccc(F)c2s1. The van der Waals surface area contributed by atoms with Gasteiger partial charge in [0, 0.05) is 53.3 Å². The van der Waals surface area contributed by atoms with Gasteiger partial charge in [0.2, 0.25) is 0 Å². The highest BCUT2D eigenvalue weighted by Gasteiger charge is 2.53. The number of piperazine rings is 1. The van der Waals surface area contributed by atoms with E-state index in [1.165, 1.54) is 25.0 Å². The van der Waals surface area contributed by atoms with Crippen LogP contribution in [0.4, 0.5) is 28.5 Å². The van der Waals surface area contributed by atoms with E-state index in [2.05, 4.69) is 25.1 Å². The Bertz CT molecular complexity index is 2000. The molecule has 2 aromatic carbocycles. The summed E-state index contributed by atoms with van der Waals surface area (Å²) in [4.78, 5) is 18.0. The summed E-state index contributed by atoms with van der Waals surface area (Å²) in [5.74, 6) is -0.0981. The van der Waals surface area contributed by atoms with Crippen LogP contribution in [0.1, 0.15) is 44.9 Å². The average molecular weight is 686 g/mol. The number of hydrogen-bond acceptors (Lipinski definition) is 9. The lowest BCUT2D eigenvalue weighted by Gasteiger charge is -2.42. The van der Waals surface area contributed by atoms with Crippen LogP contribution >= 0.6 is 22.9 Å². The second-order valence-electron chi connectivity index (χ2n) is 13.9. The number of benzene rings is 2. The molecule has 6 heterocycles. The van der Waals surface area contributed by atoms with E-state index in [4.69, 9.17) is 27.1 Å². The third kappa shape index (κ3) is 4.71. The first-order valence-corrected chi connectivity index (χ1v) is 17.3. The first-order chi connectivity index (χ1) is 22.6. The maximum absolute atomic E-state index is 16.9. The molecule has 4 saturated heterocycles. The lowest BCUT2D eigenvalue weighted by molar-refractivity contribution is 0.108. The van der Waals surface area contributed by atoms with Crippen molar-refractivity contribution >= 4 is 55.0 Å². The van der Waals surface area contributed by atoms with Crippen molar-refractivity contribution < 1.29 is 22.3 Å². The maximum Gasteiger partial charge on any atom is 0.319 e. The van der Waals surface area contributed by atoms with E-state index < -0.39 is 23.3 Å². The van der Waals surface area contributed by atoms with Crippen molar-refractivity contribution in [3.05, 3.63) is 46.5 Å². The normalized spacial score (nSPS) is 27.4. The summed E-state index contributed by atoms with van der Waals surface area (Å²) in [7, 11) is 0. The van der Waals surface area contributed by atoms with Crippen molar-refractivity contribution in [3.63, 3.8) is 0 Å². The van der Waals surface area contributed by atoms with E-state index in [0.717, 1.165) is 30.6 Å². The number of hydrogen-bond donors (Lipinski definition) is 2. The van der Waals surface area contributed by atoms with Crippen LogP contribution in [-0.2, 0) is 0 Å². The average Bonchev–Trinajstić information content (AvgIpc) is 3.42. The van der Waals surface area contributed by atoms with E-state index in [0.29, 0.717) is 48.7 Å². The Morgan fingerprint density at radius 3 is 2.79 bits per heavy atom. The van der Waals surface area contributed by atoms with Crippen molar-refractivity contribution in [1.82, 2.24) is 25.2 Å². The van der Waals surface area contributed by atoms with Crippen LogP contribution in [0, 0.1) is 17.6 Å². The van der Waals surface area contributed by atoms with Gasteiger partial charge in [0.1, 0.15) is 23.8 Å². The van der Waals surface area contributed by atoms with Crippen molar-refractivity contribution in [3.8, 4) is 17.1 Å². The Labute approximate surface area is 276 Å². The monoisotopic (exact) mass is 685 g/mol. The van der Waals surface area contributed by atoms with Crippen molar-refractivity contribution in [2.24, 2.45) is 5.92 Å². The van der Waals surface area contributed by atoms with Gasteiger partial charge in [-0.05, 0) is 75.6 Å². The van der Waals surface area contributed by atoms with Crippen LogP contribution in [0.2, 0.25) is 5.02 Å². The second kappa shape index (κ2) is 10.6. The number of nitrogens with one attached hydrogen (secondary N) is 1. The summed E-state index contributed by atoms with van der Waals surface area (Å²) in [6.07, 6.45) is 4.64. The molecule has 5 fully saturated rings. The molecular weight excluding hydrogens is 654 g/mol. The molecule has 0 spiro atoms. The highest BCUT2D eigenvalue weighted by molar-refractivity contribution is 7.22. The number of thiazole rings is 1. The van der Waals surface area contributed by atoms with Gasteiger partial charge in [-0.1, -0.05) is 22.9 Å². The van der Waals surface area contributed by atoms with Gasteiger partial charge < -0.3 is 20.7 Å². The molecule has 1 saturated carbocycles. The summed E-state index contributed by atoms with van der Waals surface area (Å²) in [6.45, 7) is 2.41. The highest BCUT2D eigenvalue weighted by Crippen LogP contribution is 2.50. The Kier molecular flexibility index (Phi) is 6.74. The second-order valence-corrected chi connectivity index (χ2v) is 15.3. The summed E-state index contributed by atoms with van der Waals surface area (Å²) >= 11 is 7.85. The van der Waals surface area contributed by atoms with Crippen LogP contribution < -0.4 is 20.7 Å². The molecule has 14 heteroatoms. The number of ether oxygens (including phenoxy) is 1. The Morgan fingerprint density at radius 2 is 1.98 bits per heavy atom. The molecule has 0 radical (unpaired) electrons. The minimum Gasteiger partial charge on any atom is -0.461 e. The Balaban J connectivity index is 1.18. The molecule has 246 valence electrons. The fourth-order valence-electron chi connectivity index (χ4n) is 8.73. The van der Waals surface area contributed by atoms with Crippen LogP contribution in [0.5, 0.6) is 6.01 Å². The predicted molar refractivity (Wildman–Crippen MR) is 174 cm³/mol. The van der Waals surface area contributed by atoms with Crippen molar-refractivity contribution in [1.29, 1.82) is 0 Å². The van der Waals surface area contributed by atoms with Crippen LogP contribution in [0.25, 0.3) is 32.2 Å². The minimum atomic E-state index is -1.64. The van der Waals surface area contributed by atoms with Gasteiger partial charge in [0.05, 0.1) is 20.8 Å². The molecule has 4 aromatic rings. The third-order valence-corrected chi connectivity index (χ3v) is 12.2. The first kappa shape index (κ1) is 29.8. The molecular formula is C33H32ClF4N7OS. The summed E-state index contributed by atoms with van der Waals surface area (Å²) in [6, 6.07) is 4.62. The number of halogens is 5. The number of nitrogens with two attached hydrogens (primary N) is 1. The highest BCUT2D eigenvalue weighted by atomic mass is 35.5. The predicted octanol–water partition coefficient (Wildman–Crippen LogP) is 6.91. The molecule has 1 aliphatic carbocycles. The fraction of sp³-hybridized carbons (Fsp3) is 0.485. The molecule has 0 unspecified atom stereocenters. The summed E-state index contributed by atoms with van der Waals surface area (Å²) in [5.41, 5.74) is 6.00. The molecule has 4 aliphatic heterocycles. The molecule has 2 bridgehead atoms. The third-order valence-electron chi connectivity index (χ3n) is 11.0. The largest absolute Gasteiger partial charge is 0.461 e. The zero-order valence-electron chi connectivity index (χ0n) is 25.4. The van der Waals surface area contributed by atoms with Crippen LogP contribution in [0.15, 0.2) is 29.9 Å². The Morgan fingerprint density at radius 1 is 1.13 bits per heavy atom. The molecule has 0 amide bonds. The molecule has 3 atom stereocenters. The molecule has 2 aromatic heterocycles. The summed E-state index contributed by atoms with van der Waals surface area (Å²) < 4.78 is 65.4. The number of aromatic nitrogens is 3. The quantitative estimate of drug-likeness (QED) is 0.212. The van der Waals surface area contributed by atoms with Gasteiger partial charge >= 0.3 is 6.01 Å². The van der Waals surface area contributed by atoms with Crippen LogP contribution in [0.3, 0.4) is 0 Å². The topological polar surface area (TPSA) is 92.4 Å². The van der Waals surface area contributed by atoms with Crippen molar-refractivity contribution in [2.45, 2.75) is 62.1 Å². The van der Waals surface area contributed by atoms with Gasteiger partial charge in [-0.2, -0.15) is 18.7 Å². The zero-order valence-corrected chi connectivity index (χ0v) is 27.0. The molecule has 8 nitrogen and oxygen atoms in total.